The minimum atomic E-state index is -3.90. The van der Waals surface area contributed by atoms with E-state index >= 15 is 0 Å². The van der Waals surface area contributed by atoms with Gasteiger partial charge in [0.05, 0.1) is 18.2 Å². The summed E-state index contributed by atoms with van der Waals surface area (Å²) in [5, 5.41) is 0. The SMILES string of the molecule is COc1ccccc1S(=O)(=O)Nc1cc(OC(C)CN(C)C)c2c(c1)C1(CCC1)C(=O)C2. The number of likely N-dealkylation sites (N-methyl/N-ethyl adjacent to an activating group) is 1. The largest absolute Gasteiger partial charge is 0.495 e. The molecule has 1 atom stereocenters. The van der Waals surface area contributed by atoms with E-state index in [9.17, 15) is 13.2 Å². The van der Waals surface area contributed by atoms with Crippen molar-refractivity contribution in [1.82, 2.24) is 4.90 Å². The van der Waals surface area contributed by atoms with Crippen molar-refractivity contribution in [2.45, 2.75) is 49.0 Å². The lowest BCUT2D eigenvalue weighted by atomic mass is 9.64. The molecule has 8 heteroatoms. The highest BCUT2D eigenvalue weighted by molar-refractivity contribution is 7.92. The van der Waals surface area contributed by atoms with Gasteiger partial charge in [-0.25, -0.2) is 8.42 Å². The fraction of sp³-hybridized carbons (Fsp3) is 0.458. The van der Waals surface area contributed by atoms with Crippen LogP contribution in [0.5, 0.6) is 11.5 Å². The monoisotopic (exact) mass is 458 g/mol. The molecule has 1 N–H and O–H groups in total. The van der Waals surface area contributed by atoms with Gasteiger partial charge < -0.3 is 14.4 Å². The lowest BCUT2D eigenvalue weighted by Crippen LogP contribution is -2.39. The second kappa shape index (κ2) is 8.41. The van der Waals surface area contributed by atoms with Crippen molar-refractivity contribution < 1.29 is 22.7 Å². The number of carbonyl (C=O) groups excluding carboxylic acids is 1. The second-order valence-corrected chi connectivity index (χ2v) is 10.6. The Hall–Kier alpha value is -2.58. The molecule has 0 radical (unpaired) electrons. The Balaban J connectivity index is 1.75. The summed E-state index contributed by atoms with van der Waals surface area (Å²) in [4.78, 5) is 15.0. The molecule has 0 amide bonds. The van der Waals surface area contributed by atoms with Crippen LogP contribution >= 0.6 is 0 Å². The third kappa shape index (κ3) is 3.97. The smallest absolute Gasteiger partial charge is 0.265 e. The predicted molar refractivity (Wildman–Crippen MR) is 123 cm³/mol. The van der Waals surface area contributed by atoms with Gasteiger partial charge in [-0.05, 0) is 57.6 Å². The highest BCUT2D eigenvalue weighted by atomic mass is 32.2. The number of nitrogens with zero attached hydrogens (tertiary/aromatic N) is 1. The number of rotatable bonds is 8. The van der Waals surface area contributed by atoms with Crippen molar-refractivity contribution in [2.75, 3.05) is 32.5 Å². The molecule has 1 saturated carbocycles. The number of sulfonamides is 1. The van der Waals surface area contributed by atoms with Gasteiger partial charge in [0.25, 0.3) is 10.0 Å². The molecule has 2 aliphatic rings. The number of fused-ring (bicyclic) bond motifs is 2. The summed E-state index contributed by atoms with van der Waals surface area (Å²) in [6.07, 6.45) is 2.81. The van der Waals surface area contributed by atoms with E-state index in [4.69, 9.17) is 9.47 Å². The third-order valence-corrected chi connectivity index (χ3v) is 7.78. The maximum atomic E-state index is 13.2. The lowest BCUT2D eigenvalue weighted by molar-refractivity contribution is -0.125. The van der Waals surface area contributed by atoms with Crippen LogP contribution in [0, 0.1) is 0 Å². The van der Waals surface area contributed by atoms with E-state index in [-0.39, 0.29) is 22.5 Å². The average molecular weight is 459 g/mol. The first-order valence-electron chi connectivity index (χ1n) is 10.8. The van der Waals surface area contributed by atoms with Crippen molar-refractivity contribution in [3.05, 3.63) is 47.5 Å². The van der Waals surface area contributed by atoms with E-state index in [2.05, 4.69) is 4.72 Å². The lowest BCUT2D eigenvalue weighted by Gasteiger charge is -2.37. The average Bonchev–Trinajstić information content (AvgIpc) is 2.99. The van der Waals surface area contributed by atoms with Gasteiger partial charge in [0.15, 0.2) is 0 Å². The molecule has 1 fully saturated rings. The fourth-order valence-corrected chi connectivity index (χ4v) is 6.01. The van der Waals surface area contributed by atoms with Crippen LogP contribution in [-0.4, -0.2) is 53.0 Å². The van der Waals surface area contributed by atoms with E-state index in [0.717, 1.165) is 30.4 Å². The number of ether oxygens (including phenoxy) is 2. The molecule has 0 aliphatic heterocycles. The van der Waals surface area contributed by atoms with Gasteiger partial charge in [-0.15, -0.1) is 0 Å². The number of benzene rings is 2. The van der Waals surface area contributed by atoms with Crippen molar-refractivity contribution in [2.24, 2.45) is 0 Å². The zero-order chi connectivity index (χ0) is 23.1. The van der Waals surface area contributed by atoms with Gasteiger partial charge in [-0.3, -0.25) is 9.52 Å². The normalized spacial score (nSPS) is 17.7. The van der Waals surface area contributed by atoms with Gasteiger partial charge in [-0.1, -0.05) is 18.6 Å². The van der Waals surface area contributed by atoms with Gasteiger partial charge in [-0.2, -0.15) is 0 Å². The van der Waals surface area contributed by atoms with Crippen LogP contribution < -0.4 is 14.2 Å². The highest BCUT2D eigenvalue weighted by Gasteiger charge is 2.51. The molecule has 32 heavy (non-hydrogen) atoms. The van der Waals surface area contributed by atoms with Crippen molar-refractivity contribution in [3.63, 3.8) is 0 Å². The molecule has 0 aromatic heterocycles. The molecule has 0 bridgehead atoms. The number of methoxy groups -OCH3 is 1. The Bertz CT molecular complexity index is 1140. The number of carbonyl (C=O) groups is 1. The first-order valence-corrected chi connectivity index (χ1v) is 12.3. The molecule has 172 valence electrons. The van der Waals surface area contributed by atoms with Crippen LogP contribution in [0.25, 0.3) is 0 Å². The van der Waals surface area contributed by atoms with Crippen LogP contribution in [0.15, 0.2) is 41.3 Å². The maximum Gasteiger partial charge on any atom is 0.265 e. The van der Waals surface area contributed by atoms with Crippen LogP contribution in [-0.2, 0) is 26.7 Å². The summed E-state index contributed by atoms with van der Waals surface area (Å²) < 4.78 is 40.5. The van der Waals surface area contributed by atoms with Crippen molar-refractivity contribution >= 4 is 21.5 Å². The molecule has 0 heterocycles. The Morgan fingerprint density at radius 1 is 1.16 bits per heavy atom. The summed E-state index contributed by atoms with van der Waals surface area (Å²) in [6.45, 7) is 2.67. The van der Waals surface area contributed by atoms with Crippen LogP contribution in [0.2, 0.25) is 0 Å². The van der Waals surface area contributed by atoms with Gasteiger partial charge in [0.2, 0.25) is 0 Å². The Labute approximate surface area is 189 Å². The molecule has 1 spiro atoms. The molecule has 2 aromatic carbocycles. The van der Waals surface area contributed by atoms with Gasteiger partial charge in [0.1, 0.15) is 28.3 Å². The van der Waals surface area contributed by atoms with E-state index in [0.29, 0.717) is 24.4 Å². The summed E-state index contributed by atoms with van der Waals surface area (Å²) in [7, 11) is 1.47. The number of para-hydroxylation sites is 1. The molecule has 1 unspecified atom stereocenters. The number of anilines is 1. The number of ketones is 1. The summed E-state index contributed by atoms with van der Waals surface area (Å²) in [5.74, 6) is 1.04. The first kappa shape index (κ1) is 22.6. The summed E-state index contributed by atoms with van der Waals surface area (Å²) in [5.41, 5.74) is 1.69. The predicted octanol–water partition coefficient (Wildman–Crippen LogP) is 3.37. The standard InChI is InChI=1S/C24H30N2O5S/c1-16(15-26(2)3)31-21-13-17(12-19-18(21)14-23(27)24(19)10-7-11-24)25-32(28,29)22-9-6-5-8-20(22)30-4/h5-6,8-9,12-13,16,25H,7,10-11,14-15H2,1-4H3. The topological polar surface area (TPSA) is 84.9 Å². The minimum absolute atomic E-state index is 0.0564. The molecule has 7 nitrogen and oxygen atoms in total. The molecule has 2 aromatic rings. The number of hydrogen-bond donors (Lipinski definition) is 1. The molecular formula is C24H30N2O5S. The van der Waals surface area contributed by atoms with Crippen molar-refractivity contribution in [1.29, 1.82) is 0 Å². The minimum Gasteiger partial charge on any atom is -0.495 e. The molecular weight excluding hydrogens is 428 g/mol. The summed E-state index contributed by atoms with van der Waals surface area (Å²) in [6, 6.07) is 9.99. The Morgan fingerprint density at radius 3 is 2.50 bits per heavy atom. The van der Waals surface area contributed by atoms with E-state index in [1.807, 2.05) is 32.0 Å². The second-order valence-electron chi connectivity index (χ2n) is 8.98. The quantitative estimate of drug-likeness (QED) is 0.653. The zero-order valence-electron chi connectivity index (χ0n) is 19.0. The maximum absolute atomic E-state index is 13.2. The zero-order valence-corrected chi connectivity index (χ0v) is 19.8. The van der Waals surface area contributed by atoms with Crippen LogP contribution in [0.1, 0.15) is 37.3 Å². The number of hydrogen-bond acceptors (Lipinski definition) is 6. The highest BCUT2D eigenvalue weighted by Crippen LogP contribution is 2.53. The molecule has 4 rings (SSSR count). The number of Topliss-reactive ketones (excluding diaryl/α,β-unsaturated/α-hetero) is 1. The van der Waals surface area contributed by atoms with Crippen LogP contribution in [0.3, 0.4) is 0 Å². The third-order valence-electron chi connectivity index (χ3n) is 6.36. The fourth-order valence-electron chi connectivity index (χ4n) is 4.80. The Kier molecular flexibility index (Phi) is 5.94. The first-order chi connectivity index (χ1) is 15.2. The van der Waals surface area contributed by atoms with Crippen molar-refractivity contribution in [3.8, 4) is 11.5 Å². The van der Waals surface area contributed by atoms with E-state index in [1.54, 1.807) is 24.3 Å². The summed E-state index contributed by atoms with van der Waals surface area (Å²) >= 11 is 0. The Morgan fingerprint density at radius 2 is 1.88 bits per heavy atom. The molecule has 2 aliphatic carbocycles. The van der Waals surface area contributed by atoms with Gasteiger partial charge in [0, 0.05) is 24.6 Å². The molecule has 0 saturated heterocycles. The number of nitrogens with one attached hydrogen (secondary N) is 1. The van der Waals surface area contributed by atoms with Gasteiger partial charge >= 0.3 is 0 Å². The van der Waals surface area contributed by atoms with E-state index in [1.165, 1.54) is 13.2 Å². The van der Waals surface area contributed by atoms with Crippen LogP contribution in [0.4, 0.5) is 5.69 Å². The van der Waals surface area contributed by atoms with E-state index < -0.39 is 15.4 Å².